The van der Waals surface area contributed by atoms with Crippen molar-refractivity contribution in [2.24, 2.45) is 5.92 Å². The fourth-order valence-electron chi connectivity index (χ4n) is 2.40. The summed E-state index contributed by atoms with van der Waals surface area (Å²) < 4.78 is 13.7. The maximum atomic E-state index is 13.7. The molecule has 1 aromatic heterocycles. The van der Waals surface area contributed by atoms with Crippen molar-refractivity contribution >= 4 is 28.6 Å². The van der Waals surface area contributed by atoms with Gasteiger partial charge >= 0.3 is 0 Å². The fourth-order valence-corrected chi connectivity index (χ4v) is 3.27. The second-order valence-corrected chi connectivity index (χ2v) is 6.33. The van der Waals surface area contributed by atoms with Crippen LogP contribution in [0.15, 0.2) is 35.7 Å². The highest BCUT2D eigenvalue weighted by atomic mass is 32.1. The Morgan fingerprint density at radius 2 is 2.19 bits per heavy atom. The van der Waals surface area contributed by atoms with Gasteiger partial charge in [0, 0.05) is 17.5 Å². The minimum absolute atomic E-state index is 0.216. The summed E-state index contributed by atoms with van der Waals surface area (Å²) in [5.41, 5.74) is 1.04. The third-order valence-electron chi connectivity index (χ3n) is 3.54. The van der Waals surface area contributed by atoms with Gasteiger partial charge in [0.25, 0.3) is 0 Å². The Hall–Kier alpha value is -1.88. The Kier molecular flexibility index (Phi) is 3.92. The lowest BCUT2D eigenvalue weighted by atomic mass is 10.1. The summed E-state index contributed by atoms with van der Waals surface area (Å²) in [6, 6.07) is 9.18. The van der Waals surface area contributed by atoms with E-state index in [2.05, 4.69) is 22.1 Å². The molecular formula is C16H17FN2OS. The molecule has 21 heavy (non-hydrogen) atoms. The number of halogens is 1. The SMILES string of the molecule is CC(=O)Nc1cc(NC(c2cccs2)C2CC2)ccc1F. The van der Waals surface area contributed by atoms with Gasteiger partial charge in [0.05, 0.1) is 11.7 Å². The van der Waals surface area contributed by atoms with Gasteiger partial charge in [0.2, 0.25) is 5.91 Å². The van der Waals surface area contributed by atoms with Crippen LogP contribution in [-0.2, 0) is 4.79 Å². The lowest BCUT2D eigenvalue weighted by Crippen LogP contribution is -2.13. The van der Waals surface area contributed by atoms with Crippen LogP contribution in [0.5, 0.6) is 0 Å². The van der Waals surface area contributed by atoms with Crippen LogP contribution >= 0.6 is 11.3 Å². The molecule has 0 bridgehead atoms. The highest BCUT2D eigenvalue weighted by Crippen LogP contribution is 2.44. The molecular weight excluding hydrogens is 287 g/mol. The quantitative estimate of drug-likeness (QED) is 0.859. The van der Waals surface area contributed by atoms with Crippen molar-refractivity contribution in [1.82, 2.24) is 0 Å². The highest BCUT2D eigenvalue weighted by Gasteiger charge is 2.33. The zero-order chi connectivity index (χ0) is 14.8. The van der Waals surface area contributed by atoms with Gasteiger partial charge in [-0.2, -0.15) is 0 Å². The number of hydrogen-bond acceptors (Lipinski definition) is 3. The molecule has 2 aromatic rings. The van der Waals surface area contributed by atoms with Crippen LogP contribution in [0, 0.1) is 11.7 Å². The number of benzene rings is 1. The number of amides is 1. The normalized spacial score (nSPS) is 15.5. The largest absolute Gasteiger partial charge is 0.377 e. The maximum absolute atomic E-state index is 13.7. The van der Waals surface area contributed by atoms with Gasteiger partial charge in [0.1, 0.15) is 5.82 Å². The van der Waals surface area contributed by atoms with Gasteiger partial charge in [0.15, 0.2) is 0 Å². The molecule has 1 unspecified atom stereocenters. The van der Waals surface area contributed by atoms with Gasteiger partial charge in [-0.25, -0.2) is 4.39 Å². The lowest BCUT2D eigenvalue weighted by molar-refractivity contribution is -0.114. The lowest BCUT2D eigenvalue weighted by Gasteiger charge is -2.19. The second-order valence-electron chi connectivity index (χ2n) is 5.35. The summed E-state index contributed by atoms with van der Waals surface area (Å²) >= 11 is 1.73. The first kappa shape index (κ1) is 14.1. The van der Waals surface area contributed by atoms with Crippen LogP contribution in [0.2, 0.25) is 0 Å². The number of hydrogen-bond donors (Lipinski definition) is 2. The van der Waals surface area contributed by atoms with Crippen LogP contribution in [-0.4, -0.2) is 5.91 Å². The van der Waals surface area contributed by atoms with Crippen molar-refractivity contribution in [2.75, 3.05) is 10.6 Å². The van der Waals surface area contributed by atoms with Crippen molar-refractivity contribution in [3.05, 3.63) is 46.4 Å². The molecule has 110 valence electrons. The number of rotatable bonds is 5. The summed E-state index contributed by atoms with van der Waals surface area (Å²) in [6.07, 6.45) is 2.44. The number of carbonyl (C=O) groups excluding carboxylic acids is 1. The maximum Gasteiger partial charge on any atom is 0.221 e. The predicted molar refractivity (Wildman–Crippen MR) is 84.1 cm³/mol. The second kappa shape index (κ2) is 5.85. The first-order valence-electron chi connectivity index (χ1n) is 7.00. The number of anilines is 2. The van der Waals surface area contributed by atoms with E-state index < -0.39 is 5.82 Å². The average molecular weight is 304 g/mol. The molecule has 0 spiro atoms. The monoisotopic (exact) mass is 304 g/mol. The average Bonchev–Trinajstić information content (AvgIpc) is 3.13. The molecule has 1 amide bonds. The Morgan fingerprint density at radius 1 is 1.38 bits per heavy atom. The molecule has 1 aromatic carbocycles. The molecule has 1 saturated carbocycles. The fraction of sp³-hybridized carbons (Fsp3) is 0.312. The van der Waals surface area contributed by atoms with Crippen molar-refractivity contribution in [1.29, 1.82) is 0 Å². The molecule has 2 N–H and O–H groups in total. The number of thiophene rings is 1. The Bertz CT molecular complexity index is 638. The van der Waals surface area contributed by atoms with Crippen LogP contribution in [0.25, 0.3) is 0 Å². The smallest absolute Gasteiger partial charge is 0.221 e. The molecule has 0 saturated heterocycles. The topological polar surface area (TPSA) is 41.1 Å². The van der Waals surface area contributed by atoms with Crippen molar-refractivity contribution in [3.63, 3.8) is 0 Å². The van der Waals surface area contributed by atoms with Gasteiger partial charge in [-0.1, -0.05) is 6.07 Å². The van der Waals surface area contributed by atoms with Crippen molar-refractivity contribution < 1.29 is 9.18 Å². The van der Waals surface area contributed by atoms with E-state index in [0.717, 1.165) is 5.69 Å². The van der Waals surface area contributed by atoms with E-state index >= 15 is 0 Å². The number of carbonyl (C=O) groups is 1. The molecule has 0 radical (unpaired) electrons. The highest BCUT2D eigenvalue weighted by molar-refractivity contribution is 7.10. The standard InChI is InChI=1S/C16H17FN2OS/c1-10(20)18-14-9-12(6-7-13(14)17)19-16(11-4-5-11)15-3-2-8-21-15/h2-3,6-9,11,16,19H,4-5H2,1H3,(H,18,20). The molecule has 1 fully saturated rings. The first-order chi connectivity index (χ1) is 10.1. The van der Waals surface area contributed by atoms with E-state index in [1.165, 1.54) is 30.7 Å². The minimum Gasteiger partial charge on any atom is -0.377 e. The van der Waals surface area contributed by atoms with E-state index in [9.17, 15) is 9.18 Å². The molecule has 3 rings (SSSR count). The predicted octanol–water partition coefficient (Wildman–Crippen LogP) is 4.41. The van der Waals surface area contributed by atoms with Gasteiger partial charge in [-0.3, -0.25) is 4.79 Å². The van der Waals surface area contributed by atoms with E-state index in [-0.39, 0.29) is 17.6 Å². The molecule has 1 aliphatic rings. The molecule has 1 aliphatic carbocycles. The summed E-state index contributed by atoms with van der Waals surface area (Å²) in [5, 5.41) is 8.06. The van der Waals surface area contributed by atoms with Gasteiger partial charge < -0.3 is 10.6 Å². The number of nitrogens with one attached hydrogen (secondary N) is 2. The van der Waals surface area contributed by atoms with E-state index in [1.54, 1.807) is 23.5 Å². The summed E-state index contributed by atoms with van der Waals surface area (Å²) in [5.74, 6) is -0.0594. The van der Waals surface area contributed by atoms with Crippen LogP contribution in [0.1, 0.15) is 30.7 Å². The molecule has 5 heteroatoms. The Morgan fingerprint density at radius 3 is 2.81 bits per heavy atom. The molecule has 3 nitrogen and oxygen atoms in total. The van der Waals surface area contributed by atoms with E-state index in [4.69, 9.17) is 0 Å². The minimum atomic E-state index is -0.421. The zero-order valence-electron chi connectivity index (χ0n) is 11.7. The van der Waals surface area contributed by atoms with Gasteiger partial charge in [-0.15, -0.1) is 11.3 Å². The molecule has 0 aliphatic heterocycles. The van der Waals surface area contributed by atoms with Crippen molar-refractivity contribution in [3.8, 4) is 0 Å². The van der Waals surface area contributed by atoms with Crippen LogP contribution in [0.3, 0.4) is 0 Å². The first-order valence-corrected chi connectivity index (χ1v) is 7.88. The van der Waals surface area contributed by atoms with Crippen molar-refractivity contribution in [2.45, 2.75) is 25.8 Å². The van der Waals surface area contributed by atoms with Crippen LogP contribution in [0.4, 0.5) is 15.8 Å². The van der Waals surface area contributed by atoms with Gasteiger partial charge in [-0.05, 0) is 48.4 Å². The summed E-state index contributed by atoms with van der Waals surface area (Å²) in [7, 11) is 0. The van der Waals surface area contributed by atoms with Crippen LogP contribution < -0.4 is 10.6 Å². The summed E-state index contributed by atoms with van der Waals surface area (Å²) in [4.78, 5) is 12.4. The molecule has 1 atom stereocenters. The van der Waals surface area contributed by atoms with E-state index in [0.29, 0.717) is 5.92 Å². The zero-order valence-corrected chi connectivity index (χ0v) is 12.5. The Balaban J connectivity index is 1.81. The summed E-state index contributed by atoms with van der Waals surface area (Å²) in [6.45, 7) is 1.37. The third-order valence-corrected chi connectivity index (χ3v) is 4.50. The van der Waals surface area contributed by atoms with E-state index in [1.807, 2.05) is 6.07 Å². The third kappa shape index (κ3) is 3.42. The molecule has 1 heterocycles. The Labute approximate surface area is 127 Å².